The van der Waals surface area contributed by atoms with E-state index in [0.29, 0.717) is 5.56 Å². The van der Waals surface area contributed by atoms with Crippen LogP contribution in [0.4, 0.5) is 16.5 Å². The van der Waals surface area contributed by atoms with Crippen LogP contribution in [0.5, 0.6) is 5.75 Å². The molecule has 1 aromatic heterocycles. The van der Waals surface area contributed by atoms with Crippen LogP contribution < -0.4 is 15.4 Å². The molecule has 0 aliphatic rings. The Balaban J connectivity index is 1.52. The number of carbonyl (C=O) groups is 1. The molecule has 0 aliphatic carbocycles. The molecule has 0 unspecified atom stereocenters. The quantitative estimate of drug-likeness (QED) is 0.398. The van der Waals surface area contributed by atoms with E-state index in [4.69, 9.17) is 4.74 Å². The van der Waals surface area contributed by atoms with Gasteiger partial charge in [-0.15, -0.1) is 11.3 Å². The lowest BCUT2D eigenvalue weighted by Crippen LogP contribution is -2.13. The number of thiazole rings is 1. The van der Waals surface area contributed by atoms with E-state index >= 15 is 0 Å². The number of rotatable bonds is 6. The zero-order valence-corrected chi connectivity index (χ0v) is 17.5. The largest absolute Gasteiger partial charge is 0.495 e. The fourth-order valence-electron chi connectivity index (χ4n) is 3.11. The minimum Gasteiger partial charge on any atom is -0.495 e. The van der Waals surface area contributed by atoms with E-state index in [0.717, 1.165) is 39.1 Å². The molecule has 4 rings (SSSR count). The van der Waals surface area contributed by atoms with Crippen LogP contribution in [0.1, 0.15) is 15.9 Å². The van der Waals surface area contributed by atoms with Crippen molar-refractivity contribution in [3.05, 3.63) is 89.3 Å². The Morgan fingerprint density at radius 2 is 1.80 bits per heavy atom. The van der Waals surface area contributed by atoms with E-state index in [2.05, 4.69) is 15.6 Å². The van der Waals surface area contributed by atoms with Crippen LogP contribution in [0, 0.1) is 6.92 Å². The van der Waals surface area contributed by atoms with E-state index < -0.39 is 0 Å². The van der Waals surface area contributed by atoms with Gasteiger partial charge in [-0.25, -0.2) is 4.98 Å². The number of benzene rings is 3. The highest BCUT2D eigenvalue weighted by Crippen LogP contribution is 2.31. The summed E-state index contributed by atoms with van der Waals surface area (Å²) in [5.74, 6) is 0.636. The van der Waals surface area contributed by atoms with Crippen molar-refractivity contribution in [3.63, 3.8) is 0 Å². The van der Waals surface area contributed by atoms with Gasteiger partial charge >= 0.3 is 0 Å². The number of aryl methyl sites for hydroxylation is 1. The number of hydrogen-bond acceptors (Lipinski definition) is 5. The number of aromatic nitrogens is 1. The van der Waals surface area contributed by atoms with Crippen molar-refractivity contribution in [2.75, 3.05) is 17.7 Å². The monoisotopic (exact) mass is 415 g/mol. The SMILES string of the molecule is COc1ccccc1Nc1nc(-c2cccc(NC(=O)c3ccccc3C)c2)cs1. The van der Waals surface area contributed by atoms with Crippen LogP contribution in [-0.4, -0.2) is 18.0 Å². The van der Waals surface area contributed by atoms with Gasteiger partial charge in [0.25, 0.3) is 5.91 Å². The maximum absolute atomic E-state index is 12.6. The number of amides is 1. The molecule has 2 N–H and O–H groups in total. The second kappa shape index (κ2) is 8.80. The molecule has 0 bridgehead atoms. The molecular weight excluding hydrogens is 394 g/mol. The first-order valence-electron chi connectivity index (χ1n) is 9.47. The zero-order chi connectivity index (χ0) is 20.9. The molecule has 1 amide bonds. The van der Waals surface area contributed by atoms with E-state index in [1.807, 2.05) is 85.1 Å². The number of hydrogen-bond donors (Lipinski definition) is 2. The molecular formula is C24H21N3O2S. The van der Waals surface area contributed by atoms with Crippen molar-refractivity contribution < 1.29 is 9.53 Å². The lowest BCUT2D eigenvalue weighted by Gasteiger charge is -2.09. The van der Waals surface area contributed by atoms with E-state index in [9.17, 15) is 4.79 Å². The van der Waals surface area contributed by atoms with E-state index in [-0.39, 0.29) is 5.91 Å². The van der Waals surface area contributed by atoms with Crippen molar-refractivity contribution in [2.24, 2.45) is 0 Å². The van der Waals surface area contributed by atoms with Crippen LogP contribution in [0.3, 0.4) is 0 Å². The molecule has 4 aromatic rings. The lowest BCUT2D eigenvalue weighted by atomic mass is 10.1. The van der Waals surface area contributed by atoms with Gasteiger partial charge in [-0.3, -0.25) is 4.79 Å². The summed E-state index contributed by atoms with van der Waals surface area (Å²) >= 11 is 1.51. The smallest absolute Gasteiger partial charge is 0.255 e. The summed E-state index contributed by atoms with van der Waals surface area (Å²) < 4.78 is 5.38. The number of nitrogens with one attached hydrogen (secondary N) is 2. The molecule has 0 aliphatic heterocycles. The number of nitrogens with zero attached hydrogens (tertiary/aromatic N) is 1. The van der Waals surface area contributed by atoms with Gasteiger partial charge in [0, 0.05) is 22.2 Å². The number of methoxy groups -OCH3 is 1. The van der Waals surface area contributed by atoms with Crippen LogP contribution in [0.2, 0.25) is 0 Å². The Morgan fingerprint density at radius 1 is 1.00 bits per heavy atom. The lowest BCUT2D eigenvalue weighted by molar-refractivity contribution is 0.102. The highest BCUT2D eigenvalue weighted by molar-refractivity contribution is 7.14. The second-order valence-electron chi connectivity index (χ2n) is 6.71. The maximum atomic E-state index is 12.6. The second-order valence-corrected chi connectivity index (χ2v) is 7.57. The van der Waals surface area contributed by atoms with Gasteiger partial charge in [-0.1, -0.05) is 42.5 Å². The molecule has 1 heterocycles. The van der Waals surface area contributed by atoms with Gasteiger partial charge in [0.1, 0.15) is 5.75 Å². The summed E-state index contributed by atoms with van der Waals surface area (Å²) in [5, 5.41) is 9.03. The van der Waals surface area contributed by atoms with Gasteiger partial charge in [0.2, 0.25) is 0 Å². The topological polar surface area (TPSA) is 63.2 Å². The molecule has 3 aromatic carbocycles. The first-order chi connectivity index (χ1) is 14.6. The van der Waals surface area contributed by atoms with E-state index in [1.54, 1.807) is 7.11 Å². The van der Waals surface area contributed by atoms with Gasteiger partial charge < -0.3 is 15.4 Å². The van der Waals surface area contributed by atoms with Crippen molar-refractivity contribution >= 4 is 33.8 Å². The van der Waals surface area contributed by atoms with E-state index in [1.165, 1.54) is 11.3 Å². The molecule has 6 heteroatoms. The Hall–Kier alpha value is -3.64. The Kier molecular flexibility index (Phi) is 5.77. The van der Waals surface area contributed by atoms with Crippen LogP contribution in [0.15, 0.2) is 78.2 Å². The van der Waals surface area contributed by atoms with Crippen molar-refractivity contribution in [3.8, 4) is 17.0 Å². The van der Waals surface area contributed by atoms with Crippen molar-refractivity contribution in [2.45, 2.75) is 6.92 Å². The molecule has 0 radical (unpaired) electrons. The third-order valence-corrected chi connectivity index (χ3v) is 5.42. The molecule has 150 valence electrons. The summed E-state index contributed by atoms with van der Waals surface area (Å²) in [6.07, 6.45) is 0. The standard InChI is InChI=1S/C24H21N3O2S/c1-16-8-3-4-11-19(16)23(28)25-18-10-7-9-17(14-18)21-15-30-24(27-21)26-20-12-5-6-13-22(20)29-2/h3-15H,1-2H3,(H,25,28)(H,26,27). The molecule has 0 spiro atoms. The highest BCUT2D eigenvalue weighted by Gasteiger charge is 2.11. The third kappa shape index (κ3) is 4.34. The van der Waals surface area contributed by atoms with Crippen LogP contribution in [-0.2, 0) is 0 Å². The molecule has 5 nitrogen and oxygen atoms in total. The van der Waals surface area contributed by atoms with Crippen LogP contribution in [0.25, 0.3) is 11.3 Å². The number of para-hydroxylation sites is 2. The predicted octanol–water partition coefficient (Wildman–Crippen LogP) is 6.12. The van der Waals surface area contributed by atoms with Gasteiger partial charge in [-0.2, -0.15) is 0 Å². The summed E-state index contributed by atoms with van der Waals surface area (Å²) in [5.41, 5.74) is 4.97. The average molecular weight is 416 g/mol. The highest BCUT2D eigenvalue weighted by atomic mass is 32.1. The summed E-state index contributed by atoms with van der Waals surface area (Å²) in [6, 6.07) is 22.9. The molecule has 0 fully saturated rings. The molecule has 0 saturated heterocycles. The van der Waals surface area contributed by atoms with Crippen LogP contribution >= 0.6 is 11.3 Å². The summed E-state index contributed by atoms with van der Waals surface area (Å²) in [7, 11) is 1.64. The maximum Gasteiger partial charge on any atom is 0.255 e. The Morgan fingerprint density at radius 3 is 2.63 bits per heavy atom. The fraction of sp³-hybridized carbons (Fsp3) is 0.0833. The summed E-state index contributed by atoms with van der Waals surface area (Å²) in [4.78, 5) is 17.3. The van der Waals surface area contributed by atoms with Gasteiger partial charge in [0.15, 0.2) is 5.13 Å². The number of ether oxygens (including phenoxy) is 1. The molecule has 30 heavy (non-hydrogen) atoms. The average Bonchev–Trinajstić information content (AvgIpc) is 3.23. The van der Waals surface area contributed by atoms with Gasteiger partial charge in [0.05, 0.1) is 18.5 Å². The first-order valence-corrected chi connectivity index (χ1v) is 10.3. The summed E-state index contributed by atoms with van der Waals surface area (Å²) in [6.45, 7) is 1.93. The van der Waals surface area contributed by atoms with Crippen molar-refractivity contribution in [1.82, 2.24) is 4.98 Å². The molecule has 0 atom stereocenters. The number of carbonyl (C=O) groups excluding carboxylic acids is 1. The van der Waals surface area contributed by atoms with Crippen molar-refractivity contribution in [1.29, 1.82) is 0 Å². The Labute approximate surface area is 179 Å². The normalized spacial score (nSPS) is 10.5. The Bertz CT molecular complexity index is 1190. The third-order valence-electron chi connectivity index (χ3n) is 4.66. The van der Waals surface area contributed by atoms with Gasteiger partial charge in [-0.05, 0) is 42.8 Å². The zero-order valence-electron chi connectivity index (χ0n) is 16.7. The number of anilines is 3. The minimum atomic E-state index is -0.123. The first kappa shape index (κ1) is 19.7. The minimum absolute atomic E-state index is 0.123. The molecule has 0 saturated carbocycles. The predicted molar refractivity (Wildman–Crippen MR) is 123 cm³/mol. The fourth-order valence-corrected chi connectivity index (χ4v) is 3.84.